The molecule has 11 nitrogen and oxygen atoms in total. The Morgan fingerprint density at radius 3 is 2.18 bits per heavy atom. The lowest BCUT2D eigenvalue weighted by Crippen LogP contribution is -2.51. The molecule has 0 saturated carbocycles. The minimum atomic E-state index is -1.14. The van der Waals surface area contributed by atoms with Crippen LogP contribution < -0.4 is 10.6 Å². The van der Waals surface area contributed by atoms with E-state index >= 15 is 0 Å². The van der Waals surface area contributed by atoms with Crippen molar-refractivity contribution in [1.29, 1.82) is 0 Å². The van der Waals surface area contributed by atoms with Crippen molar-refractivity contribution in [1.82, 2.24) is 20.1 Å². The maximum absolute atomic E-state index is 13.2. The molecule has 11 heteroatoms. The van der Waals surface area contributed by atoms with Gasteiger partial charge in [0.05, 0.1) is 6.42 Å². The number of hydrogen-bond donors (Lipinski definition) is 3. The van der Waals surface area contributed by atoms with Crippen LogP contribution >= 0.6 is 0 Å². The van der Waals surface area contributed by atoms with E-state index in [-0.39, 0.29) is 12.3 Å². The Morgan fingerprint density at radius 1 is 0.947 bits per heavy atom. The number of amides is 3. The Morgan fingerprint density at radius 2 is 1.58 bits per heavy atom. The highest BCUT2D eigenvalue weighted by molar-refractivity contribution is 6.01. The van der Waals surface area contributed by atoms with Crippen LogP contribution in [0.5, 0.6) is 0 Å². The Kier molecular flexibility index (Phi) is 8.71. The first-order valence-corrected chi connectivity index (χ1v) is 12.7. The lowest BCUT2D eigenvalue weighted by molar-refractivity contribution is -0.135. The lowest BCUT2D eigenvalue weighted by atomic mass is 10.1. The number of hydrogen-bond acceptors (Lipinski definition) is 7. The standard InChI is InChI=1S/C27H39N5O6/c1-26(2,3)37-24(35)21-15-17-14-18(8-9-19(17)29-21)28-23(34)20(30-25(36)38-27(4,5)6)16-22(33)32-12-10-31(7)11-13-32/h8-9,14-15,20,29H,10-13,16H2,1-7H3,(H,28,34)(H,30,36)/t20-/m0/s1. The molecule has 0 spiro atoms. The van der Waals surface area contributed by atoms with E-state index < -0.39 is 35.2 Å². The summed E-state index contributed by atoms with van der Waals surface area (Å²) in [5.41, 5.74) is 0.0293. The number of benzene rings is 1. The molecule has 3 amide bonds. The molecule has 1 atom stereocenters. The number of fused-ring (bicyclic) bond motifs is 1. The monoisotopic (exact) mass is 529 g/mol. The molecular formula is C27H39N5O6. The Labute approximate surface area is 223 Å². The van der Waals surface area contributed by atoms with E-state index in [1.54, 1.807) is 70.7 Å². The van der Waals surface area contributed by atoms with Gasteiger partial charge in [0.1, 0.15) is 22.9 Å². The van der Waals surface area contributed by atoms with Crippen LogP contribution in [0.4, 0.5) is 10.5 Å². The number of aromatic amines is 1. The van der Waals surface area contributed by atoms with Gasteiger partial charge in [-0.1, -0.05) is 0 Å². The topological polar surface area (TPSA) is 133 Å². The van der Waals surface area contributed by atoms with Gasteiger partial charge in [0.25, 0.3) is 0 Å². The maximum atomic E-state index is 13.2. The van der Waals surface area contributed by atoms with Crippen molar-refractivity contribution in [3.8, 4) is 0 Å². The van der Waals surface area contributed by atoms with Crippen molar-refractivity contribution >= 4 is 40.5 Å². The Bertz CT molecular complexity index is 1180. The third kappa shape index (κ3) is 8.47. The summed E-state index contributed by atoms with van der Waals surface area (Å²) >= 11 is 0. The molecule has 0 bridgehead atoms. The van der Waals surface area contributed by atoms with Gasteiger partial charge in [-0.05, 0) is 72.9 Å². The smallest absolute Gasteiger partial charge is 0.408 e. The highest BCUT2D eigenvalue weighted by atomic mass is 16.6. The second-order valence-electron chi connectivity index (χ2n) is 11.6. The quantitative estimate of drug-likeness (QED) is 0.490. The van der Waals surface area contributed by atoms with Crippen LogP contribution in [0.25, 0.3) is 10.9 Å². The highest BCUT2D eigenvalue weighted by Gasteiger charge is 2.30. The zero-order chi connectivity index (χ0) is 28.3. The SMILES string of the molecule is CN1CCN(C(=O)C[C@H](NC(=O)OC(C)(C)C)C(=O)Nc2ccc3[nH]c(C(=O)OC(C)(C)C)cc3c2)CC1. The Balaban J connectivity index is 1.75. The summed E-state index contributed by atoms with van der Waals surface area (Å²) in [5, 5.41) is 6.02. The zero-order valence-electron chi connectivity index (χ0n) is 23.3. The first-order valence-electron chi connectivity index (χ1n) is 12.7. The summed E-state index contributed by atoms with van der Waals surface area (Å²) in [6, 6.07) is 5.60. The fourth-order valence-corrected chi connectivity index (χ4v) is 3.90. The fraction of sp³-hybridized carbons (Fsp3) is 0.556. The van der Waals surface area contributed by atoms with Crippen LogP contribution in [0.1, 0.15) is 58.5 Å². The molecule has 38 heavy (non-hydrogen) atoms. The van der Waals surface area contributed by atoms with Crippen molar-refractivity contribution in [2.24, 2.45) is 0 Å². The van der Waals surface area contributed by atoms with E-state index in [1.165, 1.54) is 0 Å². The van der Waals surface area contributed by atoms with Gasteiger partial charge >= 0.3 is 12.1 Å². The van der Waals surface area contributed by atoms with Gasteiger partial charge in [0.2, 0.25) is 11.8 Å². The number of ether oxygens (including phenoxy) is 2. The van der Waals surface area contributed by atoms with Crippen molar-refractivity contribution in [3.05, 3.63) is 30.0 Å². The van der Waals surface area contributed by atoms with E-state index in [9.17, 15) is 19.2 Å². The molecule has 1 aromatic heterocycles. The number of aromatic nitrogens is 1. The summed E-state index contributed by atoms with van der Waals surface area (Å²) in [6.07, 6.45) is -0.990. The van der Waals surface area contributed by atoms with Crippen molar-refractivity contribution in [2.75, 3.05) is 38.5 Å². The van der Waals surface area contributed by atoms with Gasteiger partial charge < -0.3 is 34.9 Å². The molecule has 3 rings (SSSR count). The highest BCUT2D eigenvalue weighted by Crippen LogP contribution is 2.22. The normalized spacial score (nSPS) is 15.6. The van der Waals surface area contributed by atoms with Gasteiger partial charge in [-0.15, -0.1) is 0 Å². The van der Waals surface area contributed by atoms with E-state index in [0.29, 0.717) is 35.4 Å². The number of alkyl carbamates (subject to hydrolysis) is 1. The lowest BCUT2D eigenvalue weighted by Gasteiger charge is -2.33. The third-order valence-electron chi connectivity index (χ3n) is 5.75. The van der Waals surface area contributed by atoms with Crippen LogP contribution in [0, 0.1) is 0 Å². The summed E-state index contributed by atoms with van der Waals surface area (Å²) in [7, 11) is 1.99. The number of esters is 1. The van der Waals surface area contributed by atoms with Gasteiger partial charge in [-0.3, -0.25) is 9.59 Å². The van der Waals surface area contributed by atoms with Crippen molar-refractivity contribution in [3.63, 3.8) is 0 Å². The molecule has 0 aliphatic carbocycles. The molecule has 1 saturated heterocycles. The minimum absolute atomic E-state index is 0.204. The number of carbonyl (C=O) groups excluding carboxylic acids is 4. The van der Waals surface area contributed by atoms with Crippen LogP contribution in [0.2, 0.25) is 0 Å². The number of H-pyrrole nitrogens is 1. The molecule has 1 fully saturated rings. The van der Waals surface area contributed by atoms with Gasteiger partial charge in [-0.2, -0.15) is 0 Å². The molecule has 0 unspecified atom stereocenters. The maximum Gasteiger partial charge on any atom is 0.408 e. The summed E-state index contributed by atoms with van der Waals surface area (Å²) in [4.78, 5) is 57.9. The molecule has 0 radical (unpaired) electrons. The Hall–Kier alpha value is -3.60. The molecule has 2 aromatic rings. The first-order chi connectivity index (χ1) is 17.6. The van der Waals surface area contributed by atoms with Gasteiger partial charge in [-0.25, -0.2) is 9.59 Å². The van der Waals surface area contributed by atoms with Gasteiger partial charge in [0.15, 0.2) is 0 Å². The number of rotatable bonds is 6. The second kappa shape index (κ2) is 11.4. The number of piperazine rings is 1. The van der Waals surface area contributed by atoms with Crippen LogP contribution in [0.3, 0.4) is 0 Å². The van der Waals surface area contributed by atoms with E-state index in [2.05, 4.69) is 20.5 Å². The largest absolute Gasteiger partial charge is 0.455 e. The van der Waals surface area contributed by atoms with Gasteiger partial charge in [0, 0.05) is 42.8 Å². The molecule has 1 aromatic carbocycles. The fourth-order valence-electron chi connectivity index (χ4n) is 3.90. The average molecular weight is 530 g/mol. The molecule has 1 aliphatic heterocycles. The number of likely N-dealkylation sites (N-methyl/N-ethyl adjacent to an activating group) is 1. The summed E-state index contributed by atoms with van der Waals surface area (Å²) in [5.74, 6) is -1.26. The number of carbonyl (C=O) groups is 4. The molecule has 2 heterocycles. The molecular weight excluding hydrogens is 490 g/mol. The molecule has 208 valence electrons. The predicted octanol–water partition coefficient (Wildman–Crippen LogP) is 3.12. The molecule has 3 N–H and O–H groups in total. The van der Waals surface area contributed by atoms with E-state index in [4.69, 9.17) is 9.47 Å². The van der Waals surface area contributed by atoms with E-state index in [0.717, 1.165) is 13.1 Å². The summed E-state index contributed by atoms with van der Waals surface area (Å²) in [6.45, 7) is 13.1. The van der Waals surface area contributed by atoms with Crippen LogP contribution in [0.15, 0.2) is 24.3 Å². The van der Waals surface area contributed by atoms with Crippen LogP contribution in [-0.2, 0) is 19.1 Å². The minimum Gasteiger partial charge on any atom is -0.455 e. The second-order valence-corrected chi connectivity index (χ2v) is 11.6. The number of nitrogens with zero attached hydrogens (tertiary/aromatic N) is 2. The third-order valence-corrected chi connectivity index (χ3v) is 5.75. The first kappa shape index (κ1) is 29.0. The zero-order valence-corrected chi connectivity index (χ0v) is 23.3. The number of nitrogens with one attached hydrogen (secondary N) is 3. The number of anilines is 1. The van der Waals surface area contributed by atoms with Crippen molar-refractivity contribution < 1.29 is 28.7 Å². The molecule has 1 aliphatic rings. The summed E-state index contributed by atoms with van der Waals surface area (Å²) < 4.78 is 10.7. The predicted molar refractivity (Wildman–Crippen MR) is 144 cm³/mol. The van der Waals surface area contributed by atoms with Crippen LogP contribution in [-0.4, -0.2) is 89.1 Å². The average Bonchev–Trinajstić information content (AvgIpc) is 3.20. The van der Waals surface area contributed by atoms with E-state index in [1.807, 2.05) is 7.05 Å². The van der Waals surface area contributed by atoms with Crippen molar-refractivity contribution in [2.45, 2.75) is 65.2 Å².